The Hall–Kier alpha value is -3.40. The van der Waals surface area contributed by atoms with E-state index in [1.807, 2.05) is 31.2 Å². The zero-order chi connectivity index (χ0) is 39.3. The number of anilines is 1. The summed E-state index contributed by atoms with van der Waals surface area (Å²) in [6, 6.07) is 22.3. The number of carbonyl (C=O) groups excluding carboxylic acids is 2. The van der Waals surface area contributed by atoms with Crippen LogP contribution in [0.5, 0.6) is 5.75 Å². The normalized spacial score (nSPS) is 14.7. The lowest BCUT2D eigenvalue weighted by Crippen LogP contribution is -2.36. The van der Waals surface area contributed by atoms with Crippen molar-refractivity contribution in [3.63, 3.8) is 0 Å². The van der Waals surface area contributed by atoms with Crippen LogP contribution in [0.1, 0.15) is 92.3 Å². The average molecular weight is 843 g/mol. The Kier molecular flexibility index (Phi) is 16.5. The molecule has 0 spiro atoms. The van der Waals surface area contributed by atoms with E-state index in [2.05, 4.69) is 42.8 Å². The predicted molar refractivity (Wildman–Crippen MR) is 231 cm³/mol. The summed E-state index contributed by atoms with van der Waals surface area (Å²) >= 11 is 27.0. The van der Waals surface area contributed by atoms with Gasteiger partial charge in [0.05, 0.1) is 32.9 Å². The molecule has 1 heterocycles. The minimum Gasteiger partial charge on any atom is -0.493 e. The molecule has 55 heavy (non-hydrogen) atoms. The van der Waals surface area contributed by atoms with Crippen LogP contribution in [-0.2, 0) is 17.6 Å². The number of amidine groups is 1. The standard InChI is InChI=1S/C43H48Cl4N4O3S/c1-4-6-8-14-29-19-21-37(30(25-29)15-9-7-5-2)54-23-13-12-22-48-42(52)32-16-10-11-17-38(32)55-40-41(49-36-24-28(3)18-20-33(36)45)50-51(43(40)53)39-34(46)26-31(44)27-35(39)47/h10-11,16-21,24-27,40H,4-9,12-15,22-23H2,1-3H3,(H,48,52)(H,49,50). The molecule has 0 radical (unpaired) electrons. The average Bonchev–Trinajstić information content (AvgIpc) is 3.44. The molecule has 1 saturated heterocycles. The zero-order valence-electron chi connectivity index (χ0n) is 31.5. The second kappa shape index (κ2) is 21.2. The maximum absolute atomic E-state index is 14.1. The molecule has 0 bridgehead atoms. The number of amides is 2. The van der Waals surface area contributed by atoms with Gasteiger partial charge in [-0.3, -0.25) is 15.0 Å². The monoisotopic (exact) mass is 840 g/mol. The molecule has 4 aromatic carbocycles. The highest BCUT2D eigenvalue weighted by Crippen LogP contribution is 2.40. The quantitative estimate of drug-likeness (QED) is 0.0919. The number of aliphatic imine (C=N–C) groups is 1. The SMILES string of the molecule is CCCCCc1ccc(OCCCCNC(=O)c2ccccc2SC2C(=O)N(c3c(Cl)cc(Cl)cc3Cl)NC2=Nc2cc(C)ccc2Cl)c(CCCCC)c1. The van der Waals surface area contributed by atoms with Gasteiger partial charge in [-0.25, -0.2) is 10.0 Å². The van der Waals surface area contributed by atoms with Crippen LogP contribution in [0, 0.1) is 6.92 Å². The number of ether oxygens (including phenoxy) is 1. The number of aryl methyl sites for hydroxylation is 3. The molecule has 0 aliphatic carbocycles. The van der Waals surface area contributed by atoms with E-state index < -0.39 is 5.25 Å². The number of unbranched alkanes of at least 4 members (excludes halogenated alkanes) is 5. The Morgan fingerprint density at radius 2 is 1.58 bits per heavy atom. The summed E-state index contributed by atoms with van der Waals surface area (Å²) in [5.41, 5.74) is 7.89. The lowest BCUT2D eigenvalue weighted by atomic mass is 10.00. The molecule has 12 heteroatoms. The van der Waals surface area contributed by atoms with Crippen LogP contribution in [-0.4, -0.2) is 36.1 Å². The Labute approximate surface area is 349 Å². The molecule has 2 N–H and O–H groups in total. The Morgan fingerprint density at radius 3 is 2.33 bits per heavy atom. The fourth-order valence-corrected chi connectivity index (χ4v) is 8.53. The minimum absolute atomic E-state index is 0.185. The molecule has 1 aliphatic heterocycles. The topological polar surface area (TPSA) is 83.0 Å². The van der Waals surface area contributed by atoms with Crippen LogP contribution in [0.3, 0.4) is 0 Å². The molecule has 1 atom stereocenters. The number of rotatable bonds is 19. The number of carbonyl (C=O) groups is 2. The maximum atomic E-state index is 14.1. The lowest BCUT2D eigenvalue weighted by Gasteiger charge is -2.19. The third-order valence-corrected chi connectivity index (χ3v) is 11.6. The first-order valence-electron chi connectivity index (χ1n) is 19.0. The third kappa shape index (κ3) is 11.8. The molecule has 0 aromatic heterocycles. The van der Waals surface area contributed by atoms with E-state index in [-0.39, 0.29) is 27.5 Å². The molecule has 1 fully saturated rings. The van der Waals surface area contributed by atoms with E-state index in [0.29, 0.717) is 45.2 Å². The summed E-state index contributed by atoms with van der Waals surface area (Å²) in [5, 5.41) is 4.56. The van der Waals surface area contributed by atoms with E-state index in [4.69, 9.17) is 56.1 Å². The molecule has 292 valence electrons. The van der Waals surface area contributed by atoms with Crippen molar-refractivity contribution >= 4 is 87.2 Å². The van der Waals surface area contributed by atoms with E-state index >= 15 is 0 Å². The van der Waals surface area contributed by atoms with Gasteiger partial charge in [0.2, 0.25) is 0 Å². The molecular formula is C43H48Cl4N4O3S. The summed E-state index contributed by atoms with van der Waals surface area (Å²) in [5.74, 6) is 0.654. The highest BCUT2D eigenvalue weighted by Gasteiger charge is 2.41. The van der Waals surface area contributed by atoms with Crippen molar-refractivity contribution in [1.82, 2.24) is 10.7 Å². The van der Waals surface area contributed by atoms with Gasteiger partial charge < -0.3 is 10.1 Å². The number of thioether (sulfide) groups is 1. The first-order valence-corrected chi connectivity index (χ1v) is 21.4. The van der Waals surface area contributed by atoms with E-state index in [9.17, 15) is 9.59 Å². The summed E-state index contributed by atoms with van der Waals surface area (Å²) in [7, 11) is 0. The second-order valence-electron chi connectivity index (χ2n) is 13.6. The number of hydrogen-bond acceptors (Lipinski definition) is 5. The Bertz CT molecular complexity index is 1970. The van der Waals surface area contributed by atoms with E-state index in [0.717, 1.165) is 43.4 Å². The van der Waals surface area contributed by atoms with E-state index in [1.165, 1.54) is 72.1 Å². The second-order valence-corrected chi connectivity index (χ2v) is 16.4. The van der Waals surface area contributed by atoms with Crippen molar-refractivity contribution in [2.45, 2.75) is 95.1 Å². The summed E-state index contributed by atoms with van der Waals surface area (Å²) in [4.78, 5) is 33.1. The minimum atomic E-state index is -0.886. The first-order chi connectivity index (χ1) is 26.6. The van der Waals surface area contributed by atoms with Gasteiger partial charge in [-0.2, -0.15) is 0 Å². The molecule has 2 amide bonds. The van der Waals surface area contributed by atoms with Crippen LogP contribution in [0.25, 0.3) is 0 Å². The largest absolute Gasteiger partial charge is 0.493 e. The Balaban J connectivity index is 1.24. The van der Waals surface area contributed by atoms with Crippen LogP contribution < -0.4 is 20.5 Å². The molecule has 5 rings (SSSR count). The van der Waals surface area contributed by atoms with Gasteiger partial charge in [-0.15, -0.1) is 11.8 Å². The van der Waals surface area contributed by atoms with Crippen LogP contribution in [0.15, 0.2) is 82.7 Å². The number of nitrogens with one attached hydrogen (secondary N) is 2. The number of nitrogens with zero attached hydrogens (tertiary/aromatic N) is 2. The van der Waals surface area contributed by atoms with Crippen LogP contribution >= 0.6 is 58.2 Å². The number of hydrogen-bond donors (Lipinski definition) is 2. The highest BCUT2D eigenvalue weighted by atomic mass is 35.5. The smallest absolute Gasteiger partial charge is 0.267 e. The molecule has 1 unspecified atom stereocenters. The van der Waals surface area contributed by atoms with Crippen LogP contribution in [0.4, 0.5) is 11.4 Å². The predicted octanol–water partition coefficient (Wildman–Crippen LogP) is 12.4. The number of hydrazine groups is 1. The third-order valence-electron chi connectivity index (χ3n) is 9.20. The van der Waals surface area contributed by atoms with Crippen molar-refractivity contribution < 1.29 is 14.3 Å². The molecule has 7 nitrogen and oxygen atoms in total. The first kappa shape index (κ1) is 42.7. The summed E-state index contributed by atoms with van der Waals surface area (Å²) < 4.78 is 6.27. The Morgan fingerprint density at radius 1 is 0.855 bits per heavy atom. The number of benzene rings is 4. The van der Waals surface area contributed by atoms with Gasteiger partial charge in [0.25, 0.3) is 11.8 Å². The van der Waals surface area contributed by atoms with Crippen molar-refractivity contribution in [3.8, 4) is 5.75 Å². The fourth-order valence-electron chi connectivity index (χ4n) is 6.26. The highest BCUT2D eigenvalue weighted by molar-refractivity contribution is 8.01. The van der Waals surface area contributed by atoms with Gasteiger partial charge in [-0.1, -0.05) is 116 Å². The van der Waals surface area contributed by atoms with Crippen molar-refractivity contribution in [3.05, 3.63) is 115 Å². The maximum Gasteiger partial charge on any atom is 0.267 e. The van der Waals surface area contributed by atoms with Crippen molar-refractivity contribution in [2.24, 2.45) is 4.99 Å². The van der Waals surface area contributed by atoms with Crippen molar-refractivity contribution in [1.29, 1.82) is 0 Å². The van der Waals surface area contributed by atoms with Crippen molar-refractivity contribution in [2.75, 3.05) is 18.2 Å². The van der Waals surface area contributed by atoms with Gasteiger partial charge in [0.1, 0.15) is 22.5 Å². The number of halogens is 4. The van der Waals surface area contributed by atoms with E-state index in [1.54, 1.807) is 18.2 Å². The molecule has 0 saturated carbocycles. The summed E-state index contributed by atoms with van der Waals surface area (Å²) in [6.45, 7) is 7.43. The van der Waals surface area contributed by atoms with Gasteiger partial charge in [0.15, 0.2) is 0 Å². The molecule has 4 aromatic rings. The van der Waals surface area contributed by atoms with Gasteiger partial charge in [0, 0.05) is 16.5 Å². The lowest BCUT2D eigenvalue weighted by molar-refractivity contribution is -0.116. The van der Waals surface area contributed by atoms with Crippen LogP contribution in [0.2, 0.25) is 20.1 Å². The molecular weight excluding hydrogens is 794 g/mol. The fraction of sp³-hybridized carbons (Fsp3) is 0.372. The molecule has 1 aliphatic rings. The zero-order valence-corrected chi connectivity index (χ0v) is 35.4. The van der Waals surface area contributed by atoms with Gasteiger partial charge >= 0.3 is 0 Å². The summed E-state index contributed by atoms with van der Waals surface area (Å²) in [6.07, 6.45) is 10.9. The van der Waals surface area contributed by atoms with Gasteiger partial charge in [-0.05, 0) is 105 Å².